The molecule has 0 fully saturated rings. The Morgan fingerprint density at radius 3 is 2.83 bits per heavy atom. The number of hydrogen-bond acceptors (Lipinski definition) is 2. The predicted octanol–water partition coefficient (Wildman–Crippen LogP) is 1.98. The van der Waals surface area contributed by atoms with Crippen LogP contribution in [0, 0.1) is 0 Å². The quantitative estimate of drug-likeness (QED) is 0.854. The largest absolute Gasteiger partial charge is 0.491 e. The molecule has 1 heterocycles. The molecule has 1 aromatic carbocycles. The summed E-state index contributed by atoms with van der Waals surface area (Å²) in [6, 6.07) is 5.77. The number of alkyl halides is 3. The number of hydrogen-bond donors (Lipinski definition) is 2. The van der Waals surface area contributed by atoms with Gasteiger partial charge < -0.3 is 15.4 Å². The average molecular weight is 260 g/mol. The smallest absolute Gasteiger partial charge is 0.405 e. The molecule has 1 atom stereocenters. The third kappa shape index (κ3) is 3.06. The highest BCUT2D eigenvalue weighted by Gasteiger charge is 2.29. The molecule has 1 aromatic rings. The lowest BCUT2D eigenvalue weighted by molar-refractivity contribution is -0.122. The third-order valence-electron chi connectivity index (χ3n) is 2.45. The normalized spacial score (nSPS) is 17.8. The molecule has 1 aliphatic heterocycles. The molecule has 1 unspecified atom stereocenters. The van der Waals surface area contributed by atoms with Crippen molar-refractivity contribution in [3.63, 3.8) is 0 Å². The van der Waals surface area contributed by atoms with Crippen LogP contribution in [0.1, 0.15) is 11.6 Å². The lowest BCUT2D eigenvalue weighted by Crippen LogP contribution is -2.42. The van der Waals surface area contributed by atoms with Crippen LogP contribution in [0.3, 0.4) is 0 Å². The Balaban J connectivity index is 1.90. The van der Waals surface area contributed by atoms with E-state index in [2.05, 4.69) is 5.32 Å². The van der Waals surface area contributed by atoms with E-state index >= 15 is 0 Å². The number of carbonyl (C=O) groups excluding carboxylic acids is 1. The van der Waals surface area contributed by atoms with Gasteiger partial charge in [0.1, 0.15) is 18.9 Å². The van der Waals surface area contributed by atoms with Crippen LogP contribution >= 0.6 is 0 Å². The minimum absolute atomic E-state index is 0.221. The van der Waals surface area contributed by atoms with Crippen molar-refractivity contribution in [1.82, 2.24) is 10.6 Å². The summed E-state index contributed by atoms with van der Waals surface area (Å²) < 4.78 is 41.0. The first kappa shape index (κ1) is 12.5. The summed E-state index contributed by atoms with van der Waals surface area (Å²) in [4.78, 5) is 11.3. The summed E-state index contributed by atoms with van der Waals surface area (Å²) >= 11 is 0. The number of nitrogens with one attached hydrogen (secondary N) is 2. The maximum absolute atomic E-state index is 11.9. The average Bonchev–Trinajstić information content (AvgIpc) is 2.70. The van der Waals surface area contributed by atoms with Gasteiger partial charge in [-0.3, -0.25) is 0 Å². The van der Waals surface area contributed by atoms with Crippen molar-refractivity contribution in [3.8, 4) is 5.75 Å². The first-order valence-electron chi connectivity index (χ1n) is 5.28. The number of para-hydroxylation sites is 1. The van der Waals surface area contributed by atoms with Gasteiger partial charge in [0.2, 0.25) is 0 Å². The molecule has 2 N–H and O–H groups in total. The number of fused-ring (bicyclic) bond motifs is 1. The Morgan fingerprint density at radius 1 is 1.39 bits per heavy atom. The van der Waals surface area contributed by atoms with Crippen LogP contribution < -0.4 is 15.4 Å². The number of rotatable bonds is 2. The Hall–Kier alpha value is -1.92. The zero-order valence-corrected chi connectivity index (χ0v) is 9.25. The standard InChI is InChI=1S/C11H11F3N2O2/c12-11(13,14)6-15-10(17)16-8-5-18-9-4-2-1-3-7(8)9/h1-4,8H,5-6H2,(H2,15,16,17). The second kappa shape index (κ2) is 4.75. The lowest BCUT2D eigenvalue weighted by atomic mass is 10.1. The number of carbonyl (C=O) groups is 1. The van der Waals surface area contributed by atoms with Gasteiger partial charge in [-0.05, 0) is 6.07 Å². The Labute approximate surface area is 101 Å². The fraction of sp³-hybridized carbons (Fsp3) is 0.364. The molecule has 0 saturated heterocycles. The summed E-state index contributed by atoms with van der Waals surface area (Å²) in [5.74, 6) is 0.638. The maximum Gasteiger partial charge on any atom is 0.405 e. The van der Waals surface area contributed by atoms with Crippen molar-refractivity contribution in [2.75, 3.05) is 13.2 Å². The number of halogens is 3. The number of benzene rings is 1. The summed E-state index contributed by atoms with van der Waals surface area (Å²) in [7, 11) is 0. The van der Waals surface area contributed by atoms with Gasteiger partial charge in [-0.15, -0.1) is 0 Å². The van der Waals surface area contributed by atoms with E-state index in [9.17, 15) is 18.0 Å². The minimum atomic E-state index is -4.42. The first-order chi connectivity index (χ1) is 8.46. The molecule has 0 bridgehead atoms. The van der Waals surface area contributed by atoms with Gasteiger partial charge in [-0.1, -0.05) is 18.2 Å². The predicted molar refractivity (Wildman–Crippen MR) is 57.3 cm³/mol. The fourth-order valence-corrected chi connectivity index (χ4v) is 1.67. The van der Waals surface area contributed by atoms with Crippen molar-refractivity contribution in [1.29, 1.82) is 0 Å². The van der Waals surface area contributed by atoms with Crippen LogP contribution in [0.15, 0.2) is 24.3 Å². The van der Waals surface area contributed by atoms with Gasteiger partial charge in [0.25, 0.3) is 0 Å². The number of ether oxygens (including phenoxy) is 1. The van der Waals surface area contributed by atoms with E-state index < -0.39 is 24.8 Å². The molecule has 4 nitrogen and oxygen atoms in total. The van der Waals surface area contributed by atoms with Crippen LogP contribution in [0.5, 0.6) is 5.75 Å². The van der Waals surface area contributed by atoms with Gasteiger partial charge in [0.15, 0.2) is 0 Å². The Bertz CT molecular complexity index is 448. The summed E-state index contributed by atoms with van der Waals surface area (Å²) in [6.45, 7) is -1.13. The molecule has 18 heavy (non-hydrogen) atoms. The molecule has 98 valence electrons. The molecule has 0 spiro atoms. The van der Waals surface area contributed by atoms with Crippen molar-refractivity contribution in [2.24, 2.45) is 0 Å². The minimum Gasteiger partial charge on any atom is -0.491 e. The van der Waals surface area contributed by atoms with E-state index in [4.69, 9.17) is 4.74 Å². The second-order valence-corrected chi connectivity index (χ2v) is 3.84. The summed E-state index contributed by atoms with van der Waals surface area (Å²) in [5, 5.41) is 4.18. The van der Waals surface area contributed by atoms with Crippen LogP contribution in [0.25, 0.3) is 0 Å². The highest BCUT2D eigenvalue weighted by molar-refractivity contribution is 5.74. The molecule has 2 amide bonds. The zero-order chi connectivity index (χ0) is 13.2. The van der Waals surface area contributed by atoms with E-state index in [0.717, 1.165) is 5.56 Å². The molecule has 0 aromatic heterocycles. The lowest BCUT2D eigenvalue weighted by Gasteiger charge is -2.13. The molecule has 0 aliphatic carbocycles. The topological polar surface area (TPSA) is 50.4 Å². The second-order valence-electron chi connectivity index (χ2n) is 3.84. The molecule has 0 radical (unpaired) electrons. The van der Waals surface area contributed by atoms with E-state index in [1.807, 2.05) is 0 Å². The van der Waals surface area contributed by atoms with Gasteiger partial charge in [-0.2, -0.15) is 13.2 Å². The zero-order valence-electron chi connectivity index (χ0n) is 9.25. The summed E-state index contributed by atoms with van der Waals surface area (Å²) in [6.07, 6.45) is -4.42. The van der Waals surface area contributed by atoms with Gasteiger partial charge >= 0.3 is 12.2 Å². The van der Waals surface area contributed by atoms with Crippen LogP contribution in [0.2, 0.25) is 0 Å². The molecular formula is C11H11F3N2O2. The monoisotopic (exact) mass is 260 g/mol. The van der Waals surface area contributed by atoms with Crippen LogP contribution in [-0.4, -0.2) is 25.4 Å². The highest BCUT2D eigenvalue weighted by atomic mass is 19.4. The number of amides is 2. The van der Waals surface area contributed by atoms with Crippen molar-refractivity contribution in [2.45, 2.75) is 12.2 Å². The van der Waals surface area contributed by atoms with Crippen LogP contribution in [-0.2, 0) is 0 Å². The van der Waals surface area contributed by atoms with E-state index in [0.29, 0.717) is 5.75 Å². The maximum atomic E-state index is 11.9. The molecule has 1 aliphatic rings. The van der Waals surface area contributed by atoms with Gasteiger partial charge in [0.05, 0.1) is 6.04 Å². The van der Waals surface area contributed by atoms with E-state index in [-0.39, 0.29) is 6.61 Å². The van der Waals surface area contributed by atoms with Gasteiger partial charge in [0, 0.05) is 5.56 Å². The molecule has 0 saturated carbocycles. The molecule has 2 rings (SSSR count). The first-order valence-corrected chi connectivity index (χ1v) is 5.28. The molecular weight excluding hydrogens is 249 g/mol. The van der Waals surface area contributed by atoms with Crippen molar-refractivity contribution < 1.29 is 22.7 Å². The van der Waals surface area contributed by atoms with E-state index in [1.165, 1.54) is 0 Å². The SMILES string of the molecule is O=C(NCC(F)(F)F)NC1COc2ccccc21. The fourth-order valence-electron chi connectivity index (χ4n) is 1.67. The van der Waals surface area contributed by atoms with Crippen molar-refractivity contribution >= 4 is 6.03 Å². The van der Waals surface area contributed by atoms with Gasteiger partial charge in [-0.25, -0.2) is 4.79 Å². The van der Waals surface area contributed by atoms with E-state index in [1.54, 1.807) is 29.6 Å². The Morgan fingerprint density at radius 2 is 2.11 bits per heavy atom. The van der Waals surface area contributed by atoms with Crippen LogP contribution in [0.4, 0.5) is 18.0 Å². The Kier molecular flexibility index (Phi) is 3.31. The summed E-state index contributed by atoms with van der Waals surface area (Å²) in [5.41, 5.74) is 0.764. The highest BCUT2D eigenvalue weighted by Crippen LogP contribution is 2.31. The third-order valence-corrected chi connectivity index (χ3v) is 2.45. The number of urea groups is 1. The molecule has 7 heteroatoms. The van der Waals surface area contributed by atoms with Crippen molar-refractivity contribution in [3.05, 3.63) is 29.8 Å².